The lowest BCUT2D eigenvalue weighted by atomic mass is 10.1. The van der Waals surface area contributed by atoms with Crippen molar-refractivity contribution in [1.29, 1.82) is 0 Å². The smallest absolute Gasteiger partial charge is 0.404 e. The topological polar surface area (TPSA) is 55.8 Å². The predicted molar refractivity (Wildman–Crippen MR) is 69.3 cm³/mol. The molecule has 0 saturated heterocycles. The van der Waals surface area contributed by atoms with Crippen LogP contribution in [0.5, 0.6) is 5.75 Å². The second-order valence-corrected chi connectivity index (χ2v) is 5.12. The van der Waals surface area contributed by atoms with Crippen molar-refractivity contribution in [2.45, 2.75) is 0 Å². The first-order chi connectivity index (χ1) is 8.61. The van der Waals surface area contributed by atoms with Crippen molar-refractivity contribution < 1.29 is 18.5 Å². The van der Waals surface area contributed by atoms with E-state index in [0.29, 0.717) is 5.75 Å². The van der Waals surface area contributed by atoms with Crippen LogP contribution in [0.25, 0.3) is 11.1 Å². The lowest BCUT2D eigenvalue weighted by Crippen LogP contribution is -1.93. The van der Waals surface area contributed by atoms with Crippen molar-refractivity contribution in [2.75, 3.05) is 7.11 Å². The SMILES string of the molecule is COP(=O)(O)Oc1ccc(-c2ccccc2)cc1. The van der Waals surface area contributed by atoms with Gasteiger partial charge >= 0.3 is 7.82 Å². The number of benzene rings is 2. The van der Waals surface area contributed by atoms with Crippen LogP contribution in [0.3, 0.4) is 0 Å². The van der Waals surface area contributed by atoms with Gasteiger partial charge in [0.15, 0.2) is 0 Å². The second-order valence-electron chi connectivity index (χ2n) is 3.63. The molecule has 0 saturated carbocycles. The summed E-state index contributed by atoms with van der Waals surface area (Å²) in [5.41, 5.74) is 2.08. The number of phosphoric acid groups is 1. The van der Waals surface area contributed by atoms with E-state index in [0.717, 1.165) is 18.2 Å². The van der Waals surface area contributed by atoms with Crippen LogP contribution in [-0.4, -0.2) is 12.0 Å². The fourth-order valence-corrected chi connectivity index (χ4v) is 1.97. The molecule has 0 spiro atoms. The number of phosphoric ester groups is 1. The molecule has 0 aliphatic heterocycles. The third-order valence-electron chi connectivity index (χ3n) is 2.41. The first kappa shape index (κ1) is 12.8. The molecule has 4 nitrogen and oxygen atoms in total. The average Bonchev–Trinajstić information content (AvgIpc) is 2.40. The van der Waals surface area contributed by atoms with Crippen LogP contribution in [0.1, 0.15) is 0 Å². The number of hydrogen-bond donors (Lipinski definition) is 1. The van der Waals surface area contributed by atoms with Crippen LogP contribution < -0.4 is 4.52 Å². The molecule has 0 amide bonds. The Hall–Kier alpha value is -1.61. The van der Waals surface area contributed by atoms with Crippen LogP contribution in [0.15, 0.2) is 54.6 Å². The van der Waals surface area contributed by atoms with Crippen molar-refractivity contribution in [3.63, 3.8) is 0 Å². The molecular formula is C13H13O4P. The fraction of sp³-hybridized carbons (Fsp3) is 0.0769. The van der Waals surface area contributed by atoms with E-state index in [1.807, 2.05) is 42.5 Å². The van der Waals surface area contributed by atoms with Gasteiger partial charge in [-0.2, -0.15) is 0 Å². The van der Waals surface area contributed by atoms with Gasteiger partial charge in [0.2, 0.25) is 0 Å². The molecule has 0 aliphatic carbocycles. The van der Waals surface area contributed by atoms with Gasteiger partial charge in [0.1, 0.15) is 5.75 Å². The van der Waals surface area contributed by atoms with E-state index in [4.69, 9.17) is 4.52 Å². The second kappa shape index (κ2) is 5.36. The van der Waals surface area contributed by atoms with Crippen molar-refractivity contribution in [2.24, 2.45) is 0 Å². The van der Waals surface area contributed by atoms with E-state index in [1.165, 1.54) is 0 Å². The van der Waals surface area contributed by atoms with Crippen molar-refractivity contribution in [1.82, 2.24) is 0 Å². The fourth-order valence-electron chi connectivity index (χ4n) is 1.51. The van der Waals surface area contributed by atoms with E-state index in [9.17, 15) is 9.46 Å². The van der Waals surface area contributed by atoms with E-state index in [1.54, 1.807) is 12.1 Å². The molecule has 1 atom stereocenters. The summed E-state index contributed by atoms with van der Waals surface area (Å²) < 4.78 is 20.4. The first-order valence-electron chi connectivity index (χ1n) is 5.34. The van der Waals surface area contributed by atoms with Gasteiger partial charge in [-0.3, -0.25) is 9.42 Å². The molecule has 2 aromatic rings. The standard InChI is InChI=1S/C13H13O4P/c1-16-18(14,15)17-13-9-7-12(8-10-13)11-5-3-2-4-6-11/h2-10H,1H3,(H,14,15). The maximum Gasteiger partial charge on any atom is 0.527 e. The van der Waals surface area contributed by atoms with Gasteiger partial charge in [-0.1, -0.05) is 42.5 Å². The monoisotopic (exact) mass is 264 g/mol. The minimum atomic E-state index is -3.98. The Labute approximate surface area is 105 Å². The number of rotatable bonds is 4. The maximum atomic E-state index is 11.2. The molecule has 94 valence electrons. The van der Waals surface area contributed by atoms with E-state index in [-0.39, 0.29) is 0 Å². The Morgan fingerprint density at radius 3 is 2.06 bits per heavy atom. The van der Waals surface area contributed by atoms with Crippen molar-refractivity contribution in [3.8, 4) is 16.9 Å². The van der Waals surface area contributed by atoms with E-state index < -0.39 is 7.82 Å². The van der Waals surface area contributed by atoms with Gasteiger partial charge in [-0.25, -0.2) is 4.57 Å². The predicted octanol–water partition coefficient (Wildman–Crippen LogP) is 3.48. The zero-order valence-electron chi connectivity index (χ0n) is 9.82. The summed E-state index contributed by atoms with van der Waals surface area (Å²) >= 11 is 0. The molecule has 0 heterocycles. The molecule has 1 unspecified atom stereocenters. The highest BCUT2D eigenvalue weighted by atomic mass is 31.2. The summed E-state index contributed by atoms with van der Waals surface area (Å²) in [4.78, 5) is 9.17. The van der Waals surface area contributed by atoms with Crippen LogP contribution >= 0.6 is 7.82 Å². The lowest BCUT2D eigenvalue weighted by molar-refractivity contribution is 0.243. The lowest BCUT2D eigenvalue weighted by Gasteiger charge is -2.10. The van der Waals surface area contributed by atoms with Gasteiger partial charge in [-0.05, 0) is 23.3 Å². The zero-order chi connectivity index (χ0) is 13.0. The Kier molecular flexibility index (Phi) is 3.82. The van der Waals surface area contributed by atoms with Gasteiger partial charge in [0.25, 0.3) is 0 Å². The highest BCUT2D eigenvalue weighted by Gasteiger charge is 2.19. The molecule has 0 fully saturated rings. The van der Waals surface area contributed by atoms with Crippen LogP contribution in [0.2, 0.25) is 0 Å². The summed E-state index contributed by atoms with van der Waals surface area (Å²) in [6.07, 6.45) is 0. The van der Waals surface area contributed by atoms with Crippen LogP contribution in [0, 0.1) is 0 Å². The van der Waals surface area contributed by atoms with Gasteiger partial charge in [0.05, 0.1) is 0 Å². The highest BCUT2D eigenvalue weighted by molar-refractivity contribution is 7.47. The molecular weight excluding hydrogens is 251 g/mol. The molecule has 2 rings (SSSR count). The zero-order valence-corrected chi connectivity index (χ0v) is 10.7. The van der Waals surface area contributed by atoms with Gasteiger partial charge in [-0.15, -0.1) is 0 Å². The quantitative estimate of drug-likeness (QED) is 0.859. The molecule has 2 aromatic carbocycles. The summed E-state index contributed by atoms with van der Waals surface area (Å²) in [6.45, 7) is 0. The largest absolute Gasteiger partial charge is 0.527 e. The minimum absolute atomic E-state index is 0.294. The molecule has 0 aromatic heterocycles. The van der Waals surface area contributed by atoms with Crippen molar-refractivity contribution in [3.05, 3.63) is 54.6 Å². The summed E-state index contributed by atoms with van der Waals surface area (Å²) in [7, 11) is -2.86. The van der Waals surface area contributed by atoms with Gasteiger partial charge < -0.3 is 4.52 Å². The molecule has 0 bridgehead atoms. The molecule has 0 aliphatic rings. The van der Waals surface area contributed by atoms with Gasteiger partial charge in [0, 0.05) is 7.11 Å². The molecule has 1 N–H and O–H groups in total. The summed E-state index contributed by atoms with van der Waals surface area (Å²) in [6, 6.07) is 16.7. The van der Waals surface area contributed by atoms with Crippen LogP contribution in [-0.2, 0) is 9.09 Å². The van der Waals surface area contributed by atoms with Crippen LogP contribution in [0.4, 0.5) is 0 Å². The Morgan fingerprint density at radius 2 is 1.50 bits per heavy atom. The third-order valence-corrected chi connectivity index (χ3v) is 3.32. The number of hydrogen-bond acceptors (Lipinski definition) is 3. The Bertz CT molecular complexity index is 551. The minimum Gasteiger partial charge on any atom is -0.404 e. The third kappa shape index (κ3) is 3.20. The molecule has 5 heteroatoms. The highest BCUT2D eigenvalue weighted by Crippen LogP contribution is 2.42. The Morgan fingerprint density at radius 1 is 0.944 bits per heavy atom. The van der Waals surface area contributed by atoms with E-state index >= 15 is 0 Å². The summed E-state index contributed by atoms with van der Waals surface area (Å²) in [5, 5.41) is 0. The summed E-state index contributed by atoms with van der Waals surface area (Å²) in [5.74, 6) is 0.294. The Balaban J connectivity index is 2.19. The molecule has 18 heavy (non-hydrogen) atoms. The normalized spacial score (nSPS) is 13.9. The first-order valence-corrected chi connectivity index (χ1v) is 6.84. The average molecular weight is 264 g/mol. The van der Waals surface area contributed by atoms with E-state index in [2.05, 4.69) is 4.52 Å². The maximum absolute atomic E-state index is 11.2. The van der Waals surface area contributed by atoms with Crippen molar-refractivity contribution >= 4 is 7.82 Å². The molecule has 0 radical (unpaired) electrons.